The van der Waals surface area contributed by atoms with Crippen LogP contribution >= 0.6 is 23.2 Å². The number of anilines is 1. The van der Waals surface area contributed by atoms with E-state index in [-0.39, 0.29) is 12.5 Å². The van der Waals surface area contributed by atoms with Gasteiger partial charge in [-0.05, 0) is 37.6 Å². The van der Waals surface area contributed by atoms with E-state index in [0.717, 1.165) is 6.42 Å². The van der Waals surface area contributed by atoms with E-state index in [1.165, 1.54) is 7.05 Å². The van der Waals surface area contributed by atoms with E-state index in [2.05, 4.69) is 16.0 Å². The summed E-state index contributed by atoms with van der Waals surface area (Å²) < 4.78 is 0. The number of carbonyl (C=O) groups is 3. The van der Waals surface area contributed by atoms with E-state index in [9.17, 15) is 14.4 Å². The van der Waals surface area contributed by atoms with Gasteiger partial charge in [-0.15, -0.1) is 0 Å². The summed E-state index contributed by atoms with van der Waals surface area (Å²) in [7, 11) is 1.42. The molecule has 0 bridgehead atoms. The second-order valence-corrected chi connectivity index (χ2v) is 6.21. The zero-order valence-electron chi connectivity index (χ0n) is 13.1. The maximum Gasteiger partial charge on any atom is 0.321 e. The summed E-state index contributed by atoms with van der Waals surface area (Å²) in [5.74, 6) is -0.706. The van der Waals surface area contributed by atoms with Crippen LogP contribution < -0.4 is 16.0 Å². The highest BCUT2D eigenvalue weighted by atomic mass is 35.5. The SMILES string of the molecule is CNC(=O)NC(=O)CN1CCCC1C(=O)Nc1ccc(Cl)cc1Cl. The Hall–Kier alpha value is -1.83. The Bertz CT molecular complexity index is 654. The lowest BCUT2D eigenvalue weighted by atomic mass is 10.2. The summed E-state index contributed by atoms with van der Waals surface area (Å²) in [6.07, 6.45) is 1.42. The van der Waals surface area contributed by atoms with Gasteiger partial charge in [-0.2, -0.15) is 0 Å². The molecule has 0 aliphatic carbocycles. The Morgan fingerprint density at radius 1 is 1.29 bits per heavy atom. The van der Waals surface area contributed by atoms with Crippen molar-refractivity contribution in [2.75, 3.05) is 25.5 Å². The minimum absolute atomic E-state index is 0.0279. The second kappa shape index (κ2) is 8.32. The monoisotopic (exact) mass is 372 g/mol. The molecule has 2 rings (SSSR count). The number of amides is 4. The van der Waals surface area contributed by atoms with Crippen molar-refractivity contribution in [3.63, 3.8) is 0 Å². The van der Waals surface area contributed by atoms with E-state index in [1.807, 2.05) is 0 Å². The molecule has 130 valence electrons. The standard InChI is InChI=1S/C15H18Cl2N4O3/c1-18-15(24)20-13(22)8-21-6-2-3-12(21)14(23)19-11-5-4-9(16)7-10(11)17/h4-5,7,12H,2-3,6,8H2,1H3,(H,19,23)(H2,18,20,22,24). The third-order valence-electron chi connectivity index (χ3n) is 3.68. The molecular weight excluding hydrogens is 355 g/mol. The third-order valence-corrected chi connectivity index (χ3v) is 4.23. The highest BCUT2D eigenvalue weighted by Gasteiger charge is 2.32. The van der Waals surface area contributed by atoms with E-state index in [1.54, 1.807) is 23.1 Å². The number of halogens is 2. The normalized spacial score (nSPS) is 17.4. The van der Waals surface area contributed by atoms with Gasteiger partial charge in [-0.1, -0.05) is 23.2 Å². The largest absolute Gasteiger partial charge is 0.341 e. The quantitative estimate of drug-likeness (QED) is 0.752. The highest BCUT2D eigenvalue weighted by Crippen LogP contribution is 2.26. The van der Waals surface area contributed by atoms with Crippen molar-refractivity contribution in [2.24, 2.45) is 0 Å². The Kier molecular flexibility index (Phi) is 6.42. The van der Waals surface area contributed by atoms with Crippen molar-refractivity contribution >= 4 is 46.7 Å². The molecule has 0 spiro atoms. The lowest BCUT2D eigenvalue weighted by molar-refractivity contribution is -0.124. The van der Waals surface area contributed by atoms with Gasteiger partial charge in [0.25, 0.3) is 0 Å². The first-order chi connectivity index (χ1) is 11.4. The molecule has 0 radical (unpaired) electrons. The molecular formula is C15H18Cl2N4O3. The van der Waals surface area contributed by atoms with Gasteiger partial charge in [0.05, 0.1) is 23.3 Å². The third kappa shape index (κ3) is 4.83. The highest BCUT2D eigenvalue weighted by molar-refractivity contribution is 6.36. The molecule has 1 atom stereocenters. The lowest BCUT2D eigenvalue weighted by Gasteiger charge is -2.23. The number of nitrogens with one attached hydrogen (secondary N) is 3. The van der Waals surface area contributed by atoms with Gasteiger partial charge in [0.15, 0.2) is 0 Å². The van der Waals surface area contributed by atoms with Gasteiger partial charge in [0.1, 0.15) is 0 Å². The number of nitrogens with zero attached hydrogens (tertiary/aromatic N) is 1. The van der Waals surface area contributed by atoms with Crippen LogP contribution in [-0.4, -0.2) is 48.9 Å². The molecule has 7 nitrogen and oxygen atoms in total. The smallest absolute Gasteiger partial charge is 0.321 e. The van der Waals surface area contributed by atoms with Crippen LogP contribution in [0.4, 0.5) is 10.5 Å². The molecule has 4 amide bonds. The van der Waals surface area contributed by atoms with Gasteiger partial charge in [0, 0.05) is 12.1 Å². The van der Waals surface area contributed by atoms with Crippen molar-refractivity contribution in [1.82, 2.24) is 15.5 Å². The molecule has 1 unspecified atom stereocenters. The summed E-state index contributed by atoms with van der Waals surface area (Å²) in [4.78, 5) is 37.2. The molecule has 1 aromatic rings. The Morgan fingerprint density at radius 3 is 2.71 bits per heavy atom. The number of likely N-dealkylation sites (tertiary alicyclic amines) is 1. The molecule has 9 heteroatoms. The van der Waals surface area contributed by atoms with Crippen LogP contribution in [0.2, 0.25) is 10.0 Å². The first-order valence-corrected chi connectivity index (χ1v) is 8.18. The fraction of sp³-hybridized carbons (Fsp3) is 0.400. The average molecular weight is 373 g/mol. The van der Waals surface area contributed by atoms with Crippen LogP contribution in [0.15, 0.2) is 18.2 Å². The van der Waals surface area contributed by atoms with Crippen LogP contribution in [0.25, 0.3) is 0 Å². The molecule has 1 aliphatic heterocycles. The molecule has 0 saturated carbocycles. The van der Waals surface area contributed by atoms with Gasteiger partial charge in [-0.3, -0.25) is 19.8 Å². The summed E-state index contributed by atoms with van der Waals surface area (Å²) in [5.41, 5.74) is 0.465. The van der Waals surface area contributed by atoms with Crippen molar-refractivity contribution in [1.29, 1.82) is 0 Å². The molecule has 1 heterocycles. The maximum absolute atomic E-state index is 12.5. The van der Waals surface area contributed by atoms with Gasteiger partial charge < -0.3 is 10.6 Å². The van der Waals surface area contributed by atoms with Gasteiger partial charge in [-0.25, -0.2) is 4.79 Å². The number of imide groups is 1. The fourth-order valence-corrected chi connectivity index (χ4v) is 2.99. The maximum atomic E-state index is 12.5. The predicted molar refractivity (Wildman–Crippen MR) is 92.3 cm³/mol. The molecule has 1 aromatic carbocycles. The van der Waals surface area contributed by atoms with Crippen molar-refractivity contribution in [3.8, 4) is 0 Å². The number of hydrogen-bond donors (Lipinski definition) is 3. The predicted octanol–water partition coefficient (Wildman–Crippen LogP) is 1.85. The van der Waals surface area contributed by atoms with E-state index < -0.39 is 18.0 Å². The second-order valence-electron chi connectivity index (χ2n) is 5.37. The number of carbonyl (C=O) groups excluding carboxylic acids is 3. The summed E-state index contributed by atoms with van der Waals surface area (Å²) in [5, 5.41) is 8.06. The molecule has 3 N–H and O–H groups in total. The first-order valence-electron chi connectivity index (χ1n) is 7.42. The number of hydrogen-bond acceptors (Lipinski definition) is 4. The van der Waals surface area contributed by atoms with Gasteiger partial charge in [0.2, 0.25) is 11.8 Å². The molecule has 0 aromatic heterocycles. The van der Waals surface area contributed by atoms with Gasteiger partial charge >= 0.3 is 6.03 Å². The topological polar surface area (TPSA) is 90.5 Å². The minimum atomic E-state index is -0.576. The summed E-state index contributed by atoms with van der Waals surface area (Å²) in [6, 6.07) is 3.77. The van der Waals surface area contributed by atoms with Crippen molar-refractivity contribution in [3.05, 3.63) is 28.2 Å². The zero-order chi connectivity index (χ0) is 17.7. The Labute approximate surface area is 149 Å². The molecule has 1 aliphatic rings. The van der Waals surface area contributed by atoms with Crippen molar-refractivity contribution in [2.45, 2.75) is 18.9 Å². The van der Waals surface area contributed by atoms with Crippen LogP contribution in [0.5, 0.6) is 0 Å². The van der Waals surface area contributed by atoms with E-state index in [4.69, 9.17) is 23.2 Å². The number of rotatable bonds is 4. The molecule has 1 saturated heterocycles. The Balaban J connectivity index is 1.97. The summed E-state index contributed by atoms with van der Waals surface area (Å²) >= 11 is 11.9. The van der Waals surface area contributed by atoms with Crippen LogP contribution in [-0.2, 0) is 9.59 Å². The van der Waals surface area contributed by atoms with Crippen molar-refractivity contribution < 1.29 is 14.4 Å². The number of urea groups is 1. The van der Waals surface area contributed by atoms with Crippen LogP contribution in [0.3, 0.4) is 0 Å². The van der Waals surface area contributed by atoms with E-state index >= 15 is 0 Å². The minimum Gasteiger partial charge on any atom is -0.341 e. The average Bonchev–Trinajstić information content (AvgIpc) is 2.97. The van der Waals surface area contributed by atoms with Crippen LogP contribution in [0.1, 0.15) is 12.8 Å². The Morgan fingerprint density at radius 2 is 2.04 bits per heavy atom. The first kappa shape index (κ1) is 18.5. The van der Waals surface area contributed by atoms with E-state index in [0.29, 0.717) is 28.7 Å². The fourth-order valence-electron chi connectivity index (χ4n) is 2.53. The lowest BCUT2D eigenvalue weighted by Crippen LogP contribution is -2.47. The molecule has 1 fully saturated rings. The summed E-state index contributed by atoms with van der Waals surface area (Å²) in [6.45, 7) is 0.577. The molecule has 24 heavy (non-hydrogen) atoms. The number of benzene rings is 1. The zero-order valence-corrected chi connectivity index (χ0v) is 14.6. The van der Waals surface area contributed by atoms with Crippen LogP contribution in [0, 0.1) is 0 Å².